The number of thioether (sulfide) groups is 1. The molecule has 0 bridgehead atoms. The first-order valence-corrected chi connectivity index (χ1v) is 10.9. The van der Waals surface area contributed by atoms with Crippen molar-refractivity contribution >= 4 is 41.7 Å². The minimum atomic E-state index is -0.152. The van der Waals surface area contributed by atoms with Crippen molar-refractivity contribution in [1.82, 2.24) is 15.5 Å². The molecule has 2 heterocycles. The molecule has 0 saturated carbocycles. The van der Waals surface area contributed by atoms with Crippen molar-refractivity contribution in [2.45, 2.75) is 30.2 Å². The predicted octanol–water partition coefficient (Wildman–Crippen LogP) is 3.20. The van der Waals surface area contributed by atoms with Gasteiger partial charge >= 0.3 is 0 Å². The second-order valence-corrected chi connectivity index (χ2v) is 8.36. The number of piperidine rings is 1. The van der Waals surface area contributed by atoms with Crippen molar-refractivity contribution in [2.24, 2.45) is 10.9 Å². The molecule has 28 heavy (non-hydrogen) atoms. The van der Waals surface area contributed by atoms with E-state index in [2.05, 4.69) is 20.5 Å². The Hall–Kier alpha value is -0.580. The molecule has 2 aliphatic rings. The molecule has 0 spiro atoms. The number of nitrogens with zero attached hydrogens (tertiary/aromatic N) is 2. The fraction of sp³-hybridized carbons (Fsp3) is 0.650. The van der Waals surface area contributed by atoms with Gasteiger partial charge in [-0.3, -0.25) is 4.99 Å². The second-order valence-electron chi connectivity index (χ2n) is 7.23. The van der Waals surface area contributed by atoms with Gasteiger partial charge < -0.3 is 20.3 Å². The van der Waals surface area contributed by atoms with Crippen LogP contribution in [0.5, 0.6) is 0 Å². The molecule has 2 fully saturated rings. The number of halogens is 2. The van der Waals surface area contributed by atoms with E-state index in [1.165, 1.54) is 30.8 Å². The van der Waals surface area contributed by atoms with E-state index >= 15 is 0 Å². The summed E-state index contributed by atoms with van der Waals surface area (Å²) in [5.74, 6) is 2.20. The van der Waals surface area contributed by atoms with Gasteiger partial charge in [0.2, 0.25) is 0 Å². The summed E-state index contributed by atoms with van der Waals surface area (Å²) in [5.41, 5.74) is 0. The van der Waals surface area contributed by atoms with Gasteiger partial charge in [-0.15, -0.1) is 35.7 Å². The number of nitrogens with one attached hydrogen (secondary N) is 2. The molecule has 0 aromatic heterocycles. The van der Waals surface area contributed by atoms with Gasteiger partial charge in [0.05, 0.1) is 6.61 Å². The minimum Gasteiger partial charge on any atom is -0.381 e. The highest BCUT2D eigenvalue weighted by Crippen LogP contribution is 2.20. The molecule has 1 aromatic carbocycles. The van der Waals surface area contributed by atoms with Crippen LogP contribution in [0.1, 0.15) is 19.3 Å². The van der Waals surface area contributed by atoms with Gasteiger partial charge in [0.25, 0.3) is 0 Å². The molecular formula is C20H32FIN4OS. The van der Waals surface area contributed by atoms with Crippen LogP contribution < -0.4 is 10.6 Å². The molecule has 158 valence electrons. The Labute approximate surface area is 189 Å². The Morgan fingerprint density at radius 2 is 2.07 bits per heavy atom. The zero-order valence-electron chi connectivity index (χ0n) is 16.5. The zero-order chi connectivity index (χ0) is 18.9. The number of hydrogen-bond donors (Lipinski definition) is 2. The molecule has 2 saturated heterocycles. The Bertz CT molecular complexity index is 608. The number of ether oxygens (including phenoxy) is 1. The number of rotatable bonds is 7. The topological polar surface area (TPSA) is 48.9 Å². The first-order valence-electron chi connectivity index (χ1n) is 9.89. The highest BCUT2D eigenvalue weighted by atomic mass is 127. The van der Waals surface area contributed by atoms with Crippen LogP contribution in [0, 0.1) is 11.7 Å². The lowest BCUT2D eigenvalue weighted by molar-refractivity contribution is 0.150. The highest BCUT2D eigenvalue weighted by Gasteiger charge is 2.24. The Balaban J connectivity index is 0.00000280. The molecule has 8 heteroatoms. The number of aliphatic imine (C=N–C) groups is 1. The van der Waals surface area contributed by atoms with E-state index in [0.29, 0.717) is 10.9 Å². The lowest BCUT2D eigenvalue weighted by Crippen LogP contribution is -2.49. The van der Waals surface area contributed by atoms with Crippen molar-refractivity contribution < 1.29 is 9.13 Å². The quantitative estimate of drug-likeness (QED) is 0.190. The van der Waals surface area contributed by atoms with Crippen LogP contribution in [0.3, 0.4) is 0 Å². The van der Waals surface area contributed by atoms with Crippen molar-refractivity contribution in [3.63, 3.8) is 0 Å². The molecule has 0 aliphatic carbocycles. The molecule has 5 nitrogen and oxygen atoms in total. The van der Waals surface area contributed by atoms with Gasteiger partial charge in [0, 0.05) is 56.5 Å². The summed E-state index contributed by atoms with van der Waals surface area (Å²) >= 11 is 1.52. The third kappa shape index (κ3) is 7.68. The second kappa shape index (κ2) is 12.9. The first-order chi connectivity index (χ1) is 13.2. The standard InChI is InChI=1S/C20H31FN4OS.HI/c1-22-20(23-9-13-27-19-5-3-2-4-18(19)21)24-17-6-10-25(11-7-17)14-16-8-12-26-15-16;/h2-5,16-17H,6-15H2,1H3,(H2,22,23,24);1H. The van der Waals surface area contributed by atoms with Crippen molar-refractivity contribution in [1.29, 1.82) is 0 Å². The Morgan fingerprint density at radius 3 is 2.75 bits per heavy atom. The molecule has 1 aromatic rings. The smallest absolute Gasteiger partial charge is 0.191 e. The minimum absolute atomic E-state index is 0. The van der Waals surface area contributed by atoms with Crippen LogP contribution in [-0.2, 0) is 4.74 Å². The summed E-state index contributed by atoms with van der Waals surface area (Å²) in [6.45, 7) is 6.05. The maximum Gasteiger partial charge on any atom is 0.191 e. The largest absolute Gasteiger partial charge is 0.381 e. The summed E-state index contributed by atoms with van der Waals surface area (Å²) in [6.07, 6.45) is 3.48. The molecule has 0 radical (unpaired) electrons. The van der Waals surface area contributed by atoms with Gasteiger partial charge in [0.15, 0.2) is 5.96 Å². The first kappa shape index (κ1) is 23.7. The van der Waals surface area contributed by atoms with Crippen LogP contribution in [0.2, 0.25) is 0 Å². The number of guanidine groups is 1. The van der Waals surface area contributed by atoms with Gasteiger partial charge in [0.1, 0.15) is 5.82 Å². The molecule has 1 atom stereocenters. The van der Waals surface area contributed by atoms with Gasteiger partial charge in [-0.25, -0.2) is 4.39 Å². The Kier molecular flexibility index (Phi) is 10.9. The summed E-state index contributed by atoms with van der Waals surface area (Å²) in [6, 6.07) is 7.37. The molecule has 2 N–H and O–H groups in total. The predicted molar refractivity (Wildman–Crippen MR) is 125 cm³/mol. The Morgan fingerprint density at radius 1 is 1.29 bits per heavy atom. The van der Waals surface area contributed by atoms with E-state index in [4.69, 9.17) is 4.74 Å². The van der Waals surface area contributed by atoms with Crippen molar-refractivity contribution in [2.75, 3.05) is 52.2 Å². The van der Waals surface area contributed by atoms with Gasteiger partial charge in [-0.1, -0.05) is 12.1 Å². The number of benzene rings is 1. The third-order valence-corrected chi connectivity index (χ3v) is 6.23. The average molecular weight is 522 g/mol. The molecular weight excluding hydrogens is 490 g/mol. The van der Waals surface area contributed by atoms with Crippen LogP contribution in [-0.4, -0.2) is 69.1 Å². The molecule has 0 amide bonds. The SMILES string of the molecule is CN=C(NCCSc1ccccc1F)NC1CCN(CC2CCOC2)CC1.I. The van der Waals surface area contributed by atoms with E-state index < -0.39 is 0 Å². The molecule has 3 rings (SSSR count). The van der Waals surface area contributed by atoms with Crippen LogP contribution in [0.15, 0.2) is 34.2 Å². The molecule has 2 aliphatic heterocycles. The lowest BCUT2D eigenvalue weighted by Gasteiger charge is -2.34. The monoisotopic (exact) mass is 522 g/mol. The van der Waals surface area contributed by atoms with Crippen LogP contribution >= 0.6 is 35.7 Å². The fourth-order valence-corrected chi connectivity index (χ4v) is 4.44. The fourth-order valence-electron chi connectivity index (χ4n) is 3.63. The van der Waals surface area contributed by atoms with E-state index in [9.17, 15) is 4.39 Å². The summed E-state index contributed by atoms with van der Waals surface area (Å²) in [4.78, 5) is 7.59. The zero-order valence-corrected chi connectivity index (χ0v) is 19.7. The average Bonchev–Trinajstić information content (AvgIpc) is 3.20. The lowest BCUT2D eigenvalue weighted by atomic mass is 10.0. The molecule has 1 unspecified atom stereocenters. The van der Waals surface area contributed by atoms with Crippen LogP contribution in [0.4, 0.5) is 4.39 Å². The summed E-state index contributed by atoms with van der Waals surface area (Å²) < 4.78 is 19.1. The maximum absolute atomic E-state index is 13.6. The normalized spacial score (nSPS) is 21.4. The van der Waals surface area contributed by atoms with Gasteiger partial charge in [-0.05, 0) is 37.3 Å². The highest BCUT2D eigenvalue weighted by molar-refractivity contribution is 14.0. The van der Waals surface area contributed by atoms with Crippen molar-refractivity contribution in [3.05, 3.63) is 30.1 Å². The number of hydrogen-bond acceptors (Lipinski definition) is 4. The van der Waals surface area contributed by atoms with E-state index in [1.807, 2.05) is 12.1 Å². The third-order valence-electron chi connectivity index (χ3n) is 5.18. The number of likely N-dealkylation sites (tertiary alicyclic amines) is 1. The van der Waals surface area contributed by atoms with Crippen LogP contribution in [0.25, 0.3) is 0 Å². The summed E-state index contributed by atoms with van der Waals surface area (Å²) in [7, 11) is 1.80. The van der Waals surface area contributed by atoms with E-state index in [-0.39, 0.29) is 29.8 Å². The van der Waals surface area contributed by atoms with E-state index in [0.717, 1.165) is 63.3 Å². The summed E-state index contributed by atoms with van der Waals surface area (Å²) in [5, 5.41) is 6.88. The maximum atomic E-state index is 13.6. The van der Waals surface area contributed by atoms with E-state index in [1.54, 1.807) is 13.1 Å². The van der Waals surface area contributed by atoms with Gasteiger partial charge in [-0.2, -0.15) is 0 Å². The van der Waals surface area contributed by atoms with Crippen molar-refractivity contribution in [3.8, 4) is 0 Å².